The van der Waals surface area contributed by atoms with Gasteiger partial charge in [0.05, 0.1) is 46.5 Å². The first kappa shape index (κ1) is 29.1. The monoisotopic (exact) mass is 543 g/mol. The number of hydrogen-bond acceptors (Lipinski definition) is 8. The van der Waals surface area contributed by atoms with Crippen molar-refractivity contribution in [1.29, 1.82) is 0 Å². The van der Waals surface area contributed by atoms with Crippen molar-refractivity contribution in [2.45, 2.75) is 37.2 Å². The number of carbonyl (C=O) groups excluding carboxylic acids is 1. The number of carboxylic acids is 1. The van der Waals surface area contributed by atoms with Crippen LogP contribution in [0.3, 0.4) is 0 Å². The Kier molecular flexibility index (Phi) is 10.6. The molecule has 0 spiro atoms. The van der Waals surface area contributed by atoms with E-state index in [1.165, 1.54) is 18.9 Å². The second kappa shape index (κ2) is 13.9. The number of aromatic nitrogens is 1. The Morgan fingerprint density at radius 3 is 2.26 bits per heavy atom. The molecule has 0 unspecified atom stereocenters. The Hall–Kier alpha value is -3.47. The van der Waals surface area contributed by atoms with Crippen molar-refractivity contribution >= 4 is 23.7 Å². The Balaban J connectivity index is 1.84. The maximum atomic E-state index is 12.2. The number of carbonyl (C=O) groups is 2. The van der Waals surface area contributed by atoms with Crippen LogP contribution in [0.15, 0.2) is 54.9 Å². The fourth-order valence-electron chi connectivity index (χ4n) is 3.99. The van der Waals surface area contributed by atoms with E-state index in [0.29, 0.717) is 35.7 Å². The van der Waals surface area contributed by atoms with Gasteiger partial charge in [0, 0.05) is 18.0 Å². The lowest BCUT2D eigenvalue weighted by Crippen LogP contribution is -2.19. The summed E-state index contributed by atoms with van der Waals surface area (Å²) in [4.78, 5) is 23.6. The lowest BCUT2D eigenvalue weighted by atomic mass is 10.1. The second-order valence-electron chi connectivity index (χ2n) is 8.53. The zero-order valence-corrected chi connectivity index (χ0v) is 22.7. The van der Waals surface area contributed by atoms with E-state index in [4.69, 9.17) is 18.9 Å². The first-order valence-electron chi connectivity index (χ1n) is 12.0. The van der Waals surface area contributed by atoms with Gasteiger partial charge in [-0.05, 0) is 42.2 Å². The topological polar surface area (TPSA) is 116 Å². The van der Waals surface area contributed by atoms with Gasteiger partial charge in [-0.25, -0.2) is 4.79 Å². The third-order valence-electron chi connectivity index (χ3n) is 5.95. The smallest absolute Gasteiger partial charge is 0.339 e. The number of aliphatic carboxylic acids is 1. The molecule has 3 rings (SSSR count). The van der Waals surface area contributed by atoms with E-state index < -0.39 is 22.8 Å². The Bertz CT molecular complexity index is 1200. The number of aliphatic hydroxyl groups is 1. The van der Waals surface area contributed by atoms with Crippen LogP contribution in [-0.4, -0.2) is 60.1 Å². The molecule has 0 saturated carbocycles. The number of thioether (sulfide) groups is 1. The first-order valence-corrected chi connectivity index (χ1v) is 12.9. The summed E-state index contributed by atoms with van der Waals surface area (Å²) in [5.41, 5.74) is 1.52. The number of rotatable bonds is 14. The quantitative estimate of drug-likeness (QED) is 0.227. The number of methoxy groups -OCH3 is 3. The van der Waals surface area contributed by atoms with Crippen molar-refractivity contribution in [2.24, 2.45) is 0 Å². The van der Waals surface area contributed by atoms with Crippen LogP contribution in [0, 0.1) is 6.92 Å². The molecule has 0 fully saturated rings. The molecule has 0 aliphatic carbocycles. The molecule has 204 valence electrons. The van der Waals surface area contributed by atoms with Crippen LogP contribution in [0.1, 0.15) is 38.0 Å². The second-order valence-corrected chi connectivity index (χ2v) is 9.78. The molecule has 0 aliphatic heterocycles. The molecule has 38 heavy (non-hydrogen) atoms. The molecule has 0 bridgehead atoms. The average Bonchev–Trinajstić information content (AvgIpc) is 3.29. The number of carboxylic acid groups (broad SMARTS) is 1. The molecule has 0 radical (unpaired) electrons. The first-order chi connectivity index (χ1) is 18.2. The average molecular weight is 544 g/mol. The van der Waals surface area contributed by atoms with Gasteiger partial charge < -0.3 is 33.7 Å². The van der Waals surface area contributed by atoms with Gasteiger partial charge in [-0.3, -0.25) is 4.79 Å². The molecule has 2 aromatic carbocycles. The summed E-state index contributed by atoms with van der Waals surface area (Å²) in [7, 11) is 4.36. The van der Waals surface area contributed by atoms with E-state index in [-0.39, 0.29) is 18.5 Å². The molecule has 1 heterocycles. The minimum atomic E-state index is -1.06. The number of esters is 1. The van der Waals surface area contributed by atoms with E-state index in [9.17, 15) is 19.8 Å². The summed E-state index contributed by atoms with van der Waals surface area (Å²) in [5.74, 6) is -0.498. The lowest BCUT2D eigenvalue weighted by molar-refractivity contribution is -0.136. The van der Waals surface area contributed by atoms with Gasteiger partial charge in [-0.1, -0.05) is 42.1 Å². The minimum Gasteiger partial charge on any atom is -0.496 e. The van der Waals surface area contributed by atoms with Crippen molar-refractivity contribution in [3.63, 3.8) is 0 Å². The minimum absolute atomic E-state index is 0.177. The van der Waals surface area contributed by atoms with Crippen LogP contribution in [0.4, 0.5) is 0 Å². The van der Waals surface area contributed by atoms with E-state index in [1.54, 1.807) is 43.3 Å². The molecule has 2 N–H and O–H groups in total. The number of nitrogens with zero attached hydrogens (tertiary/aromatic N) is 1. The lowest BCUT2D eigenvalue weighted by Gasteiger charge is -2.23. The molecular weight excluding hydrogens is 510 g/mol. The molecule has 0 amide bonds. The molecule has 1 aromatic heterocycles. The predicted molar refractivity (Wildman–Crippen MR) is 144 cm³/mol. The van der Waals surface area contributed by atoms with Crippen molar-refractivity contribution < 1.29 is 38.7 Å². The largest absolute Gasteiger partial charge is 0.496 e. The van der Waals surface area contributed by atoms with E-state index in [2.05, 4.69) is 0 Å². The van der Waals surface area contributed by atoms with Crippen LogP contribution in [0.25, 0.3) is 0 Å². The highest BCUT2D eigenvalue weighted by Crippen LogP contribution is 2.38. The SMILES string of the molecule is COC(=O)c1cn(C[C@H](OCCc2ccccc2)S[C@@H](O)c2cc(OC)c(C)c(OC)c2)cc1CC(=O)O. The highest BCUT2D eigenvalue weighted by atomic mass is 32.2. The summed E-state index contributed by atoms with van der Waals surface area (Å²) in [6.07, 6.45) is 3.49. The highest BCUT2D eigenvalue weighted by Gasteiger charge is 2.23. The number of hydrogen-bond donors (Lipinski definition) is 2. The van der Waals surface area contributed by atoms with Crippen molar-refractivity contribution in [2.75, 3.05) is 27.9 Å². The van der Waals surface area contributed by atoms with Crippen LogP contribution < -0.4 is 9.47 Å². The molecule has 0 aliphatic rings. The Morgan fingerprint density at radius 1 is 1.03 bits per heavy atom. The van der Waals surface area contributed by atoms with Crippen molar-refractivity contribution in [3.8, 4) is 11.5 Å². The number of aliphatic hydroxyl groups excluding tert-OH is 1. The van der Waals surface area contributed by atoms with Gasteiger partial charge >= 0.3 is 11.9 Å². The van der Waals surface area contributed by atoms with Crippen molar-refractivity contribution in [3.05, 3.63) is 82.7 Å². The third kappa shape index (κ3) is 7.77. The number of benzene rings is 2. The molecule has 2 atom stereocenters. The van der Waals surface area contributed by atoms with Crippen LogP contribution in [0.2, 0.25) is 0 Å². The summed E-state index contributed by atoms with van der Waals surface area (Å²) < 4.78 is 23.6. The van der Waals surface area contributed by atoms with Gasteiger partial charge in [0.15, 0.2) is 0 Å². The molecule has 9 nitrogen and oxygen atoms in total. The molecule has 0 saturated heterocycles. The standard InChI is InChI=1S/C28H33NO8S/c1-18-23(34-2)12-20(13-24(18)35-3)28(33)38-26(37-11-10-19-8-6-5-7-9-19)17-29-15-21(14-25(30)31)22(16-29)27(32)36-4/h5-9,12-13,15-16,26,28,33H,10-11,14,17H2,1-4H3,(H,30,31)/t26-,28-/m1/s1. The van der Waals surface area contributed by atoms with Crippen LogP contribution in [-0.2, 0) is 33.7 Å². The van der Waals surface area contributed by atoms with Crippen LogP contribution >= 0.6 is 11.8 Å². The zero-order valence-electron chi connectivity index (χ0n) is 21.9. The summed E-state index contributed by atoms with van der Waals surface area (Å²) in [6.45, 7) is 2.51. The normalized spacial score (nSPS) is 12.6. The Morgan fingerprint density at radius 2 is 1.68 bits per heavy atom. The number of ether oxygens (including phenoxy) is 4. The van der Waals surface area contributed by atoms with Crippen LogP contribution in [0.5, 0.6) is 11.5 Å². The van der Waals surface area contributed by atoms with E-state index in [0.717, 1.165) is 11.1 Å². The van der Waals surface area contributed by atoms with Gasteiger partial charge in [-0.15, -0.1) is 0 Å². The van der Waals surface area contributed by atoms with Gasteiger partial charge in [0.2, 0.25) is 0 Å². The fraction of sp³-hybridized carbons (Fsp3) is 0.357. The molecular formula is C28H33NO8S. The van der Waals surface area contributed by atoms with E-state index in [1.807, 2.05) is 37.3 Å². The predicted octanol–water partition coefficient (Wildman–Crippen LogP) is 4.24. The molecule has 3 aromatic rings. The highest BCUT2D eigenvalue weighted by molar-refractivity contribution is 7.99. The maximum Gasteiger partial charge on any atom is 0.339 e. The zero-order chi connectivity index (χ0) is 27.7. The molecule has 10 heteroatoms. The van der Waals surface area contributed by atoms with Gasteiger partial charge in [-0.2, -0.15) is 0 Å². The Labute approximate surface area is 226 Å². The maximum absolute atomic E-state index is 12.2. The third-order valence-corrected chi connectivity index (χ3v) is 7.07. The summed E-state index contributed by atoms with van der Waals surface area (Å²) >= 11 is 1.18. The fourth-order valence-corrected chi connectivity index (χ4v) is 5.00. The van der Waals surface area contributed by atoms with E-state index >= 15 is 0 Å². The van der Waals surface area contributed by atoms with Crippen molar-refractivity contribution in [1.82, 2.24) is 4.57 Å². The van der Waals surface area contributed by atoms with Gasteiger partial charge in [0.1, 0.15) is 22.4 Å². The summed E-state index contributed by atoms with van der Waals surface area (Å²) in [5, 5.41) is 20.4. The summed E-state index contributed by atoms with van der Waals surface area (Å²) in [6, 6.07) is 13.4. The van der Waals surface area contributed by atoms with Gasteiger partial charge in [0.25, 0.3) is 0 Å².